The van der Waals surface area contributed by atoms with Crippen molar-refractivity contribution >= 4 is 5.82 Å². The first-order chi connectivity index (χ1) is 15.2. The van der Waals surface area contributed by atoms with Crippen LogP contribution in [0.4, 0.5) is 5.82 Å². The predicted octanol–water partition coefficient (Wildman–Crippen LogP) is 5.30. The average molecular weight is 423 g/mol. The Labute approximate surface area is 185 Å². The summed E-state index contributed by atoms with van der Waals surface area (Å²) in [7, 11) is 1.62. The zero-order valence-corrected chi connectivity index (χ0v) is 18.8. The summed E-state index contributed by atoms with van der Waals surface area (Å²) in [5.41, 5.74) is 8.37. The summed E-state index contributed by atoms with van der Waals surface area (Å²) < 4.78 is 11.2. The molecule has 3 aromatic rings. The highest BCUT2D eigenvalue weighted by Gasteiger charge is 2.09. The number of anilines is 1. The number of rotatable bonds is 10. The Morgan fingerprint density at radius 3 is 2.42 bits per heavy atom. The smallest absolute Gasteiger partial charge is 0.161 e. The van der Waals surface area contributed by atoms with Crippen LogP contribution in [0.3, 0.4) is 0 Å². The van der Waals surface area contributed by atoms with Crippen LogP contribution in [-0.2, 0) is 6.54 Å². The fourth-order valence-electron chi connectivity index (χ4n) is 2.59. The Bertz CT molecular complexity index is 886. The molecule has 3 rings (SSSR count). The SMILES string of the molecule is CCCC.COc1cc(-c2cncc(NCc3ccccc3)n2)ccc1OCCCN. The van der Waals surface area contributed by atoms with E-state index in [1.807, 2.05) is 36.4 Å². The Kier molecular flexibility index (Phi) is 10.9. The molecule has 0 radical (unpaired) electrons. The average Bonchev–Trinajstić information content (AvgIpc) is 2.84. The van der Waals surface area contributed by atoms with Gasteiger partial charge in [-0.3, -0.25) is 4.98 Å². The summed E-state index contributed by atoms with van der Waals surface area (Å²) in [6, 6.07) is 15.9. The van der Waals surface area contributed by atoms with Gasteiger partial charge in [-0.1, -0.05) is 57.0 Å². The molecule has 6 nitrogen and oxygen atoms in total. The van der Waals surface area contributed by atoms with Crippen LogP contribution in [0.2, 0.25) is 0 Å². The van der Waals surface area contributed by atoms with Gasteiger partial charge in [-0.2, -0.15) is 0 Å². The second-order valence-electron chi connectivity index (χ2n) is 6.99. The lowest BCUT2D eigenvalue weighted by Crippen LogP contribution is -2.06. The van der Waals surface area contributed by atoms with Crippen molar-refractivity contribution in [3.63, 3.8) is 0 Å². The van der Waals surface area contributed by atoms with Gasteiger partial charge in [0.25, 0.3) is 0 Å². The van der Waals surface area contributed by atoms with Gasteiger partial charge in [0.1, 0.15) is 5.82 Å². The van der Waals surface area contributed by atoms with Crippen LogP contribution in [0.15, 0.2) is 60.9 Å². The molecular weight excluding hydrogens is 388 g/mol. The minimum Gasteiger partial charge on any atom is -0.493 e. The summed E-state index contributed by atoms with van der Waals surface area (Å²) in [5.74, 6) is 2.08. The lowest BCUT2D eigenvalue weighted by Gasteiger charge is -2.12. The van der Waals surface area contributed by atoms with Crippen LogP contribution >= 0.6 is 0 Å². The molecule has 0 fully saturated rings. The molecule has 0 saturated heterocycles. The number of nitrogens with one attached hydrogen (secondary N) is 1. The van der Waals surface area contributed by atoms with Gasteiger partial charge in [0.05, 0.1) is 31.8 Å². The number of unbranched alkanes of at least 4 members (excludes halogenated alkanes) is 1. The van der Waals surface area contributed by atoms with Gasteiger partial charge in [-0.05, 0) is 36.7 Å². The van der Waals surface area contributed by atoms with Crippen molar-refractivity contribution in [2.45, 2.75) is 39.7 Å². The van der Waals surface area contributed by atoms with Crippen LogP contribution in [0.25, 0.3) is 11.3 Å². The van der Waals surface area contributed by atoms with E-state index in [9.17, 15) is 0 Å². The molecule has 0 saturated carbocycles. The van der Waals surface area contributed by atoms with Gasteiger partial charge in [0.2, 0.25) is 0 Å². The Morgan fingerprint density at radius 2 is 1.74 bits per heavy atom. The molecule has 0 spiro atoms. The van der Waals surface area contributed by atoms with Gasteiger partial charge >= 0.3 is 0 Å². The lowest BCUT2D eigenvalue weighted by molar-refractivity contribution is 0.291. The van der Waals surface area contributed by atoms with Crippen LogP contribution in [0, 0.1) is 0 Å². The van der Waals surface area contributed by atoms with Gasteiger partial charge in [-0.25, -0.2) is 4.98 Å². The summed E-state index contributed by atoms with van der Waals surface area (Å²) in [6.07, 6.45) is 6.89. The monoisotopic (exact) mass is 422 g/mol. The van der Waals surface area contributed by atoms with Gasteiger partial charge in [0, 0.05) is 12.1 Å². The van der Waals surface area contributed by atoms with Crippen molar-refractivity contribution in [1.82, 2.24) is 9.97 Å². The number of aromatic nitrogens is 2. The number of ether oxygens (including phenoxy) is 2. The number of benzene rings is 2. The summed E-state index contributed by atoms with van der Waals surface area (Å²) in [5, 5.41) is 3.30. The predicted molar refractivity (Wildman–Crippen MR) is 128 cm³/mol. The normalized spacial score (nSPS) is 10.1. The largest absolute Gasteiger partial charge is 0.493 e. The molecule has 1 heterocycles. The van der Waals surface area contributed by atoms with Gasteiger partial charge in [-0.15, -0.1) is 0 Å². The van der Waals surface area contributed by atoms with Crippen LogP contribution in [0.5, 0.6) is 11.5 Å². The first-order valence-electron chi connectivity index (χ1n) is 10.8. The molecule has 31 heavy (non-hydrogen) atoms. The van der Waals surface area contributed by atoms with E-state index < -0.39 is 0 Å². The molecule has 6 heteroatoms. The number of nitrogens with two attached hydrogens (primary N) is 1. The first kappa shape index (κ1) is 24.2. The summed E-state index contributed by atoms with van der Waals surface area (Å²) >= 11 is 0. The molecule has 0 aliphatic carbocycles. The maximum atomic E-state index is 5.72. The second-order valence-corrected chi connectivity index (χ2v) is 6.99. The topological polar surface area (TPSA) is 82.3 Å². The van der Waals surface area contributed by atoms with Crippen molar-refractivity contribution in [3.05, 3.63) is 66.5 Å². The fourth-order valence-corrected chi connectivity index (χ4v) is 2.59. The number of hydrogen-bond donors (Lipinski definition) is 2. The van der Waals surface area contributed by atoms with Crippen molar-refractivity contribution in [2.24, 2.45) is 5.73 Å². The highest BCUT2D eigenvalue weighted by atomic mass is 16.5. The molecule has 0 atom stereocenters. The van der Waals surface area contributed by atoms with Crippen LogP contribution in [-0.4, -0.2) is 30.2 Å². The third-order valence-electron chi connectivity index (χ3n) is 4.52. The van der Waals surface area contributed by atoms with Crippen LogP contribution in [0.1, 0.15) is 38.7 Å². The maximum Gasteiger partial charge on any atom is 0.161 e. The summed E-state index contributed by atoms with van der Waals surface area (Å²) in [6.45, 7) is 6.21. The third kappa shape index (κ3) is 8.26. The maximum absolute atomic E-state index is 5.72. The highest BCUT2D eigenvalue weighted by molar-refractivity contribution is 5.64. The van der Waals surface area contributed by atoms with E-state index in [0.29, 0.717) is 31.2 Å². The standard InChI is InChI=1S/C21H24N4O2.C4H10/c1-26-20-12-17(8-9-19(20)27-11-5-10-22)18-14-23-15-21(25-18)24-13-16-6-3-2-4-7-16;1-3-4-2/h2-4,6-9,12,14-15H,5,10-11,13,22H2,1H3,(H,24,25);3-4H2,1-2H3. The molecule has 3 N–H and O–H groups in total. The van der Waals surface area contributed by atoms with Crippen molar-refractivity contribution in [3.8, 4) is 22.8 Å². The van der Waals surface area contributed by atoms with E-state index in [0.717, 1.165) is 23.5 Å². The van der Waals surface area contributed by atoms with Crippen LogP contribution < -0.4 is 20.5 Å². The Balaban J connectivity index is 0.000000785. The summed E-state index contributed by atoms with van der Waals surface area (Å²) in [4.78, 5) is 8.95. The van der Waals surface area contributed by atoms with Crippen molar-refractivity contribution in [1.29, 1.82) is 0 Å². The fraction of sp³-hybridized carbons (Fsp3) is 0.360. The second kappa shape index (κ2) is 14.0. The van der Waals surface area contributed by atoms with E-state index >= 15 is 0 Å². The van der Waals surface area contributed by atoms with E-state index in [1.165, 1.54) is 18.4 Å². The Morgan fingerprint density at radius 1 is 0.968 bits per heavy atom. The zero-order valence-electron chi connectivity index (χ0n) is 18.8. The number of hydrogen-bond acceptors (Lipinski definition) is 6. The first-order valence-corrected chi connectivity index (χ1v) is 10.8. The van der Waals surface area contributed by atoms with E-state index in [2.05, 4.69) is 41.3 Å². The zero-order chi connectivity index (χ0) is 22.3. The lowest BCUT2D eigenvalue weighted by atomic mass is 10.1. The van der Waals surface area contributed by atoms with Crippen molar-refractivity contribution in [2.75, 3.05) is 25.6 Å². The minimum atomic E-state index is 0.560. The quantitative estimate of drug-likeness (QED) is 0.432. The number of nitrogens with zero attached hydrogens (tertiary/aromatic N) is 2. The molecule has 0 amide bonds. The highest BCUT2D eigenvalue weighted by Crippen LogP contribution is 2.32. The molecule has 1 aromatic heterocycles. The molecule has 2 aromatic carbocycles. The van der Waals surface area contributed by atoms with E-state index in [4.69, 9.17) is 15.2 Å². The Hall–Kier alpha value is -3.12. The molecule has 0 unspecified atom stereocenters. The third-order valence-corrected chi connectivity index (χ3v) is 4.52. The van der Waals surface area contributed by atoms with Gasteiger partial charge in [0.15, 0.2) is 11.5 Å². The van der Waals surface area contributed by atoms with Crippen molar-refractivity contribution < 1.29 is 9.47 Å². The molecule has 166 valence electrons. The van der Waals surface area contributed by atoms with Gasteiger partial charge < -0.3 is 20.5 Å². The minimum absolute atomic E-state index is 0.560. The van der Waals surface area contributed by atoms with E-state index in [-0.39, 0.29) is 0 Å². The molecule has 0 aliphatic rings. The molecular formula is C25H34N4O2. The molecule has 0 aliphatic heterocycles. The molecule has 0 bridgehead atoms. The number of methoxy groups -OCH3 is 1. The van der Waals surface area contributed by atoms with E-state index in [1.54, 1.807) is 19.5 Å².